The summed E-state index contributed by atoms with van der Waals surface area (Å²) in [7, 11) is 1.65. The van der Waals surface area contributed by atoms with Crippen molar-refractivity contribution in [2.24, 2.45) is 0 Å². The minimum Gasteiger partial charge on any atom is -0.383 e. The highest BCUT2D eigenvalue weighted by atomic mass is 79.9. The smallest absolute Gasteiger partial charge is 0.236 e. The van der Waals surface area contributed by atoms with Gasteiger partial charge in [0.1, 0.15) is 0 Å². The fourth-order valence-corrected chi connectivity index (χ4v) is 1.63. The van der Waals surface area contributed by atoms with E-state index in [-0.39, 0.29) is 16.8 Å². The lowest BCUT2D eigenvalue weighted by Gasteiger charge is -2.29. The highest BCUT2D eigenvalue weighted by molar-refractivity contribution is 9.10. The van der Waals surface area contributed by atoms with Gasteiger partial charge in [0.2, 0.25) is 5.91 Å². The number of ether oxygens (including phenoxy) is 1. The van der Waals surface area contributed by atoms with Crippen LogP contribution in [0.4, 0.5) is 0 Å². The predicted octanol–water partition coefficient (Wildman–Crippen LogP) is 2.04. The van der Waals surface area contributed by atoms with E-state index >= 15 is 0 Å². The van der Waals surface area contributed by atoms with E-state index < -0.39 is 0 Å². The van der Waals surface area contributed by atoms with Crippen molar-refractivity contribution in [2.75, 3.05) is 20.3 Å². The van der Waals surface area contributed by atoms with Gasteiger partial charge in [-0.25, -0.2) is 0 Å². The van der Waals surface area contributed by atoms with E-state index in [1.807, 2.05) is 25.7 Å². The van der Waals surface area contributed by atoms with Gasteiger partial charge in [-0.3, -0.25) is 4.79 Å². The largest absolute Gasteiger partial charge is 0.383 e. The van der Waals surface area contributed by atoms with Crippen molar-refractivity contribution in [2.45, 2.75) is 38.1 Å². The zero-order valence-corrected chi connectivity index (χ0v) is 11.0. The number of methoxy groups -OCH3 is 1. The van der Waals surface area contributed by atoms with Gasteiger partial charge in [-0.15, -0.1) is 0 Å². The van der Waals surface area contributed by atoms with Crippen LogP contribution in [0.3, 0.4) is 0 Å². The summed E-state index contributed by atoms with van der Waals surface area (Å²) >= 11 is 3.37. The molecule has 3 nitrogen and oxygen atoms in total. The molecule has 0 heterocycles. The highest BCUT2D eigenvalue weighted by Gasteiger charge is 2.23. The fourth-order valence-electron chi connectivity index (χ4n) is 1.37. The Bertz CT molecular complexity index is 176. The molecule has 84 valence electrons. The molecule has 2 atom stereocenters. The molecule has 2 unspecified atom stereocenters. The Kier molecular flexibility index (Phi) is 7.19. The monoisotopic (exact) mass is 265 g/mol. The van der Waals surface area contributed by atoms with E-state index in [1.54, 1.807) is 7.11 Å². The van der Waals surface area contributed by atoms with Crippen molar-refractivity contribution >= 4 is 21.8 Å². The molecule has 0 saturated carbocycles. The molecule has 0 bridgehead atoms. The first-order valence-electron chi connectivity index (χ1n) is 5.01. The van der Waals surface area contributed by atoms with Crippen LogP contribution in [0.25, 0.3) is 0 Å². The van der Waals surface area contributed by atoms with Crippen molar-refractivity contribution < 1.29 is 9.53 Å². The van der Waals surface area contributed by atoms with Gasteiger partial charge in [-0.05, 0) is 20.3 Å². The molecule has 4 heteroatoms. The first-order chi connectivity index (χ1) is 6.58. The molecule has 1 amide bonds. The number of alkyl halides is 1. The minimum absolute atomic E-state index is 0.0678. The molecule has 0 fully saturated rings. The van der Waals surface area contributed by atoms with Crippen LogP contribution in [0.15, 0.2) is 0 Å². The number of hydrogen-bond donors (Lipinski definition) is 0. The number of carbonyl (C=O) groups excluding carboxylic acids is 1. The molecule has 0 aromatic rings. The SMILES string of the molecule is CCC(Br)C(=O)N(CC)C(C)COC. The minimum atomic E-state index is -0.0678. The summed E-state index contributed by atoms with van der Waals surface area (Å²) in [5.74, 6) is 0.152. The lowest BCUT2D eigenvalue weighted by molar-refractivity contribution is -0.133. The molecule has 0 saturated heterocycles. The van der Waals surface area contributed by atoms with Gasteiger partial charge in [0.15, 0.2) is 0 Å². The first-order valence-corrected chi connectivity index (χ1v) is 5.93. The fraction of sp³-hybridized carbons (Fsp3) is 0.900. The second kappa shape index (κ2) is 7.23. The van der Waals surface area contributed by atoms with Gasteiger partial charge in [-0.1, -0.05) is 22.9 Å². The van der Waals surface area contributed by atoms with Crippen molar-refractivity contribution in [1.82, 2.24) is 4.90 Å². The third-order valence-corrected chi connectivity index (χ3v) is 3.23. The van der Waals surface area contributed by atoms with Crippen LogP contribution >= 0.6 is 15.9 Å². The molecule has 0 spiro atoms. The summed E-state index contributed by atoms with van der Waals surface area (Å²) in [4.78, 5) is 13.6. The molecule has 0 aromatic carbocycles. The molecule has 0 rings (SSSR count). The average molecular weight is 266 g/mol. The Morgan fingerprint density at radius 1 is 1.50 bits per heavy atom. The highest BCUT2D eigenvalue weighted by Crippen LogP contribution is 2.11. The maximum absolute atomic E-state index is 11.8. The van der Waals surface area contributed by atoms with Crippen LogP contribution < -0.4 is 0 Å². The Hall–Kier alpha value is -0.0900. The summed E-state index contributed by atoms with van der Waals surface area (Å²) in [6.07, 6.45) is 0.815. The summed E-state index contributed by atoms with van der Waals surface area (Å²) in [6, 6.07) is 0.143. The van der Waals surface area contributed by atoms with Gasteiger partial charge in [-0.2, -0.15) is 0 Å². The standard InChI is InChI=1S/C10H20BrNO2/c1-5-9(11)10(13)12(6-2)8(3)7-14-4/h8-9H,5-7H2,1-4H3. The van der Waals surface area contributed by atoms with E-state index in [4.69, 9.17) is 4.74 Å². The molecule has 14 heavy (non-hydrogen) atoms. The molecule has 0 radical (unpaired) electrons. The van der Waals surface area contributed by atoms with Crippen LogP contribution in [-0.4, -0.2) is 41.9 Å². The van der Waals surface area contributed by atoms with Gasteiger partial charge in [0.25, 0.3) is 0 Å². The third kappa shape index (κ3) is 3.96. The number of halogens is 1. The molecular weight excluding hydrogens is 246 g/mol. The zero-order valence-electron chi connectivity index (χ0n) is 9.42. The van der Waals surface area contributed by atoms with Crippen LogP contribution in [0.5, 0.6) is 0 Å². The number of rotatable bonds is 6. The maximum Gasteiger partial charge on any atom is 0.236 e. The number of hydrogen-bond acceptors (Lipinski definition) is 2. The molecule has 0 aromatic heterocycles. The first kappa shape index (κ1) is 13.9. The number of carbonyl (C=O) groups is 1. The Labute approximate surface area is 94.9 Å². The molecule has 0 aliphatic carbocycles. The Morgan fingerprint density at radius 3 is 2.43 bits per heavy atom. The third-order valence-electron chi connectivity index (χ3n) is 2.19. The van der Waals surface area contributed by atoms with Gasteiger partial charge in [0, 0.05) is 13.7 Å². The molecular formula is C10H20BrNO2. The van der Waals surface area contributed by atoms with Gasteiger partial charge >= 0.3 is 0 Å². The number of nitrogens with zero attached hydrogens (tertiary/aromatic N) is 1. The van der Waals surface area contributed by atoms with Crippen molar-refractivity contribution in [3.63, 3.8) is 0 Å². The second-order valence-electron chi connectivity index (χ2n) is 3.30. The van der Waals surface area contributed by atoms with E-state index in [0.717, 1.165) is 13.0 Å². The van der Waals surface area contributed by atoms with Crippen molar-refractivity contribution in [3.05, 3.63) is 0 Å². The molecule has 0 N–H and O–H groups in total. The molecule has 0 aliphatic heterocycles. The quantitative estimate of drug-likeness (QED) is 0.688. The van der Waals surface area contributed by atoms with Gasteiger partial charge in [0.05, 0.1) is 17.5 Å². The second-order valence-corrected chi connectivity index (χ2v) is 4.41. The van der Waals surface area contributed by atoms with E-state index in [2.05, 4.69) is 15.9 Å². The van der Waals surface area contributed by atoms with Crippen LogP contribution in [0.2, 0.25) is 0 Å². The average Bonchev–Trinajstić information content (AvgIpc) is 2.18. The lowest BCUT2D eigenvalue weighted by atomic mass is 10.2. The topological polar surface area (TPSA) is 29.5 Å². The van der Waals surface area contributed by atoms with E-state index in [9.17, 15) is 4.79 Å². The summed E-state index contributed by atoms with van der Waals surface area (Å²) < 4.78 is 5.04. The zero-order chi connectivity index (χ0) is 11.1. The lowest BCUT2D eigenvalue weighted by Crippen LogP contribution is -2.44. The number of likely N-dealkylation sites (N-methyl/N-ethyl adjacent to an activating group) is 1. The predicted molar refractivity (Wildman–Crippen MR) is 61.7 cm³/mol. The summed E-state index contributed by atoms with van der Waals surface area (Å²) in [6.45, 7) is 7.29. The summed E-state index contributed by atoms with van der Waals surface area (Å²) in [5, 5.41) is 0. The van der Waals surface area contributed by atoms with E-state index in [1.165, 1.54) is 0 Å². The van der Waals surface area contributed by atoms with Crippen molar-refractivity contribution in [3.8, 4) is 0 Å². The Morgan fingerprint density at radius 2 is 2.07 bits per heavy atom. The molecule has 0 aliphatic rings. The normalized spacial score (nSPS) is 14.9. The van der Waals surface area contributed by atoms with E-state index in [0.29, 0.717) is 6.61 Å². The Balaban J connectivity index is 4.31. The maximum atomic E-state index is 11.8. The van der Waals surface area contributed by atoms with Crippen LogP contribution in [0, 0.1) is 0 Å². The summed E-state index contributed by atoms with van der Waals surface area (Å²) in [5.41, 5.74) is 0. The van der Waals surface area contributed by atoms with Crippen molar-refractivity contribution in [1.29, 1.82) is 0 Å². The van der Waals surface area contributed by atoms with Crippen LogP contribution in [0.1, 0.15) is 27.2 Å². The van der Waals surface area contributed by atoms with Crippen LogP contribution in [-0.2, 0) is 9.53 Å². The number of amides is 1. The van der Waals surface area contributed by atoms with Gasteiger partial charge < -0.3 is 9.64 Å².